The smallest absolute Gasteiger partial charge is 0.320 e. The molecule has 48 heavy (non-hydrogen) atoms. The van der Waals surface area contributed by atoms with Gasteiger partial charge in [-0.25, -0.2) is 14.4 Å². The Labute approximate surface area is 285 Å². The molecule has 0 spiro atoms. The first-order valence-corrected chi connectivity index (χ1v) is 16.8. The van der Waals surface area contributed by atoms with Crippen LogP contribution < -0.4 is 15.4 Å². The SMILES string of the molecule is CC(C)(C)OC(=O)CN(CCO)C1CCN(CC=CC(=O)Nc2cc3c(Nc4ccc(F)c(Cl)c4)ncnc3cc2OCC2CC2)CC1. The van der Waals surface area contributed by atoms with Crippen LogP contribution in [-0.4, -0.2) is 94.3 Å². The maximum Gasteiger partial charge on any atom is 0.320 e. The molecule has 1 aliphatic carbocycles. The third kappa shape index (κ3) is 10.3. The quantitative estimate of drug-likeness (QED) is 0.147. The van der Waals surface area contributed by atoms with Crippen LogP contribution in [-0.2, 0) is 14.3 Å². The standard InChI is InChI=1S/C35H44ClFN6O5/c1-35(2,3)48-33(46)20-43(15-16-44)25-10-13-42(14-11-25)12-4-5-32(45)41-30-18-26-29(19-31(30)47-21-23-6-7-23)38-22-39-34(26)40-24-8-9-28(37)27(36)17-24/h4-5,8-9,17-19,22-23,25,44H,6-7,10-16,20-21H2,1-3H3,(H,41,45)(H,38,39,40). The molecular formula is C35H44ClFN6O5. The highest BCUT2D eigenvalue weighted by molar-refractivity contribution is 6.31. The first kappa shape index (κ1) is 35.5. The van der Waals surface area contributed by atoms with Crippen LogP contribution in [0, 0.1) is 11.7 Å². The number of nitrogens with zero attached hydrogens (tertiary/aromatic N) is 4. The van der Waals surface area contributed by atoms with Crippen molar-refractivity contribution in [1.29, 1.82) is 0 Å². The van der Waals surface area contributed by atoms with Gasteiger partial charge in [0.25, 0.3) is 0 Å². The van der Waals surface area contributed by atoms with Gasteiger partial charge in [-0.3, -0.25) is 19.4 Å². The van der Waals surface area contributed by atoms with Crippen molar-refractivity contribution in [3.05, 3.63) is 59.7 Å². The molecule has 11 nitrogen and oxygen atoms in total. The van der Waals surface area contributed by atoms with Crippen molar-refractivity contribution in [3.8, 4) is 5.75 Å². The molecule has 2 aliphatic rings. The maximum atomic E-state index is 13.7. The molecular weight excluding hydrogens is 639 g/mol. The summed E-state index contributed by atoms with van der Waals surface area (Å²) in [4.78, 5) is 38.6. The van der Waals surface area contributed by atoms with E-state index in [2.05, 4.69) is 25.5 Å². The van der Waals surface area contributed by atoms with Crippen molar-refractivity contribution in [2.24, 2.45) is 5.92 Å². The first-order chi connectivity index (χ1) is 23.0. The Morgan fingerprint density at radius 1 is 1.15 bits per heavy atom. The topological polar surface area (TPSA) is 129 Å². The van der Waals surface area contributed by atoms with E-state index in [0.29, 0.717) is 59.5 Å². The lowest BCUT2D eigenvalue weighted by molar-refractivity contribution is -0.157. The number of esters is 1. The summed E-state index contributed by atoms with van der Waals surface area (Å²) < 4.78 is 25.3. The Bertz CT molecular complexity index is 1620. The third-order valence-corrected chi connectivity index (χ3v) is 8.48. The van der Waals surface area contributed by atoms with Crippen molar-refractivity contribution in [1.82, 2.24) is 19.8 Å². The Balaban J connectivity index is 1.21. The zero-order valence-corrected chi connectivity index (χ0v) is 28.4. The van der Waals surface area contributed by atoms with E-state index >= 15 is 0 Å². The summed E-state index contributed by atoms with van der Waals surface area (Å²) in [7, 11) is 0. The van der Waals surface area contributed by atoms with E-state index in [1.807, 2.05) is 31.7 Å². The summed E-state index contributed by atoms with van der Waals surface area (Å²) in [6, 6.07) is 8.04. The minimum atomic E-state index is -0.557. The largest absolute Gasteiger partial charge is 0.491 e. The molecule has 0 bridgehead atoms. The number of benzene rings is 2. The number of fused-ring (bicyclic) bond motifs is 1. The Morgan fingerprint density at radius 2 is 1.92 bits per heavy atom. The Hall–Kier alpha value is -3.84. The average Bonchev–Trinajstić information content (AvgIpc) is 3.86. The highest BCUT2D eigenvalue weighted by Crippen LogP contribution is 2.36. The lowest BCUT2D eigenvalue weighted by Crippen LogP contribution is -2.48. The zero-order chi connectivity index (χ0) is 34.3. The van der Waals surface area contributed by atoms with E-state index in [-0.39, 0.29) is 36.1 Å². The number of aliphatic hydroxyl groups is 1. The van der Waals surface area contributed by atoms with Crippen LogP contribution in [0.1, 0.15) is 46.5 Å². The summed E-state index contributed by atoms with van der Waals surface area (Å²) >= 11 is 5.98. The summed E-state index contributed by atoms with van der Waals surface area (Å²) in [5.41, 5.74) is 1.10. The number of hydrogen-bond acceptors (Lipinski definition) is 10. The first-order valence-electron chi connectivity index (χ1n) is 16.4. The van der Waals surface area contributed by atoms with Gasteiger partial charge in [0.15, 0.2) is 0 Å². The normalized spacial score (nSPS) is 16.1. The predicted molar refractivity (Wildman–Crippen MR) is 184 cm³/mol. The van der Waals surface area contributed by atoms with Gasteiger partial charge in [-0.1, -0.05) is 17.7 Å². The van der Waals surface area contributed by atoms with Gasteiger partial charge >= 0.3 is 5.97 Å². The molecule has 3 N–H and O–H groups in total. The van der Waals surface area contributed by atoms with Crippen molar-refractivity contribution in [3.63, 3.8) is 0 Å². The van der Waals surface area contributed by atoms with Gasteiger partial charge in [0.2, 0.25) is 5.91 Å². The molecule has 0 radical (unpaired) electrons. The Kier molecular flexibility index (Phi) is 11.9. The number of rotatable bonds is 14. The van der Waals surface area contributed by atoms with E-state index in [0.717, 1.165) is 38.8 Å². The van der Waals surface area contributed by atoms with Crippen LogP contribution in [0.15, 0.2) is 48.8 Å². The van der Waals surface area contributed by atoms with E-state index in [9.17, 15) is 19.1 Å². The molecule has 0 unspecified atom stereocenters. The van der Waals surface area contributed by atoms with Crippen molar-refractivity contribution in [2.75, 3.05) is 56.6 Å². The second-order valence-electron chi connectivity index (χ2n) is 13.3. The van der Waals surface area contributed by atoms with E-state index < -0.39 is 11.4 Å². The number of amides is 1. The molecule has 2 heterocycles. The molecule has 258 valence electrons. The van der Waals surface area contributed by atoms with E-state index in [1.54, 1.807) is 18.2 Å². The summed E-state index contributed by atoms with van der Waals surface area (Å²) in [6.45, 7) is 8.80. The molecule has 13 heteroatoms. The number of ether oxygens (including phenoxy) is 2. The molecule has 1 aliphatic heterocycles. The van der Waals surface area contributed by atoms with Crippen molar-refractivity contribution >= 4 is 51.6 Å². The van der Waals surface area contributed by atoms with Gasteiger partial charge in [-0.15, -0.1) is 0 Å². The highest BCUT2D eigenvalue weighted by Gasteiger charge is 2.27. The third-order valence-electron chi connectivity index (χ3n) is 8.19. The molecule has 1 saturated carbocycles. The van der Waals surface area contributed by atoms with Crippen LogP contribution in [0.4, 0.5) is 21.6 Å². The zero-order valence-electron chi connectivity index (χ0n) is 27.7. The average molecular weight is 683 g/mol. The number of anilines is 3. The molecule has 2 fully saturated rings. The number of aromatic nitrogens is 2. The van der Waals surface area contributed by atoms with Crippen LogP contribution in [0.2, 0.25) is 5.02 Å². The lowest BCUT2D eigenvalue weighted by Gasteiger charge is -2.37. The molecule has 5 rings (SSSR count). The molecule has 3 aromatic rings. The van der Waals surface area contributed by atoms with Crippen LogP contribution in [0.5, 0.6) is 5.75 Å². The van der Waals surface area contributed by atoms with Crippen molar-refractivity contribution in [2.45, 2.75) is 58.1 Å². The van der Waals surface area contributed by atoms with Gasteiger partial charge in [-0.05, 0) is 89.7 Å². The van der Waals surface area contributed by atoms with Crippen LogP contribution in [0.3, 0.4) is 0 Å². The van der Waals surface area contributed by atoms with Crippen LogP contribution >= 0.6 is 11.6 Å². The number of piperidine rings is 1. The van der Waals surface area contributed by atoms with Gasteiger partial charge < -0.3 is 25.2 Å². The summed E-state index contributed by atoms with van der Waals surface area (Å²) in [5, 5.41) is 16.3. The van der Waals surface area contributed by atoms with Gasteiger partial charge in [0.1, 0.15) is 29.3 Å². The number of nitrogens with one attached hydrogen (secondary N) is 2. The van der Waals surface area contributed by atoms with Crippen LogP contribution in [0.25, 0.3) is 10.9 Å². The number of carbonyl (C=O) groups excluding carboxylic acids is 2. The fourth-order valence-electron chi connectivity index (χ4n) is 5.61. The minimum absolute atomic E-state index is 0.0138. The predicted octanol–water partition coefficient (Wildman–Crippen LogP) is 5.55. The molecule has 1 saturated heterocycles. The summed E-state index contributed by atoms with van der Waals surface area (Å²) in [6.07, 6.45) is 8.69. The summed E-state index contributed by atoms with van der Waals surface area (Å²) in [5.74, 6) is 0.379. The second kappa shape index (κ2) is 16.0. The molecule has 1 amide bonds. The Morgan fingerprint density at radius 3 is 2.60 bits per heavy atom. The highest BCUT2D eigenvalue weighted by atomic mass is 35.5. The lowest BCUT2D eigenvalue weighted by atomic mass is 10.0. The van der Waals surface area contributed by atoms with Gasteiger partial charge in [-0.2, -0.15) is 0 Å². The number of carbonyl (C=O) groups is 2. The minimum Gasteiger partial charge on any atom is -0.491 e. The van der Waals surface area contributed by atoms with E-state index in [1.165, 1.54) is 24.5 Å². The number of halogens is 2. The molecule has 2 aromatic carbocycles. The molecule has 1 aromatic heterocycles. The van der Waals surface area contributed by atoms with Crippen molar-refractivity contribution < 1.29 is 28.6 Å². The maximum absolute atomic E-state index is 13.7. The number of aliphatic hydroxyl groups excluding tert-OH is 1. The van der Waals surface area contributed by atoms with Gasteiger partial charge in [0, 0.05) is 42.3 Å². The second-order valence-corrected chi connectivity index (χ2v) is 13.7. The molecule has 0 atom stereocenters. The van der Waals surface area contributed by atoms with Gasteiger partial charge in [0.05, 0.1) is 36.0 Å². The number of likely N-dealkylation sites (tertiary alicyclic amines) is 1. The van der Waals surface area contributed by atoms with E-state index in [4.69, 9.17) is 21.1 Å². The fourth-order valence-corrected chi connectivity index (χ4v) is 5.79. The monoisotopic (exact) mass is 682 g/mol. The fraction of sp³-hybridized carbons (Fsp3) is 0.486. The number of hydrogen-bond donors (Lipinski definition) is 3.